The van der Waals surface area contributed by atoms with Gasteiger partial charge in [-0.15, -0.1) is 0 Å². The molecule has 4 aromatic carbocycles. The number of para-hydroxylation sites is 1. The molecule has 0 saturated heterocycles. The summed E-state index contributed by atoms with van der Waals surface area (Å²) in [4.78, 5) is 17.5. The van der Waals surface area contributed by atoms with E-state index in [4.69, 9.17) is 16.5 Å². The number of nitrogens with one attached hydrogen (secondary N) is 1. The number of nitrogens with two attached hydrogens (primary N) is 2. The highest BCUT2D eigenvalue weighted by molar-refractivity contribution is 5.93. The maximum atomic E-state index is 12.6. The van der Waals surface area contributed by atoms with Crippen LogP contribution in [0.1, 0.15) is 61.3 Å². The summed E-state index contributed by atoms with van der Waals surface area (Å²) in [6.07, 6.45) is 8.22. The van der Waals surface area contributed by atoms with Crippen LogP contribution in [0, 0.1) is 0 Å². The number of nitrogen functional groups attached to an aromatic ring is 1. The van der Waals surface area contributed by atoms with E-state index in [-0.39, 0.29) is 5.91 Å². The number of fused-ring (bicyclic) bond motifs is 3. The van der Waals surface area contributed by atoms with Crippen LogP contribution < -0.4 is 16.8 Å². The molecule has 0 saturated carbocycles. The zero-order chi connectivity index (χ0) is 28.2. The summed E-state index contributed by atoms with van der Waals surface area (Å²) in [6.45, 7) is 0.890. The van der Waals surface area contributed by atoms with Crippen molar-refractivity contribution in [1.29, 1.82) is 0 Å². The predicted octanol–water partition coefficient (Wildman–Crippen LogP) is 7.76. The molecule has 1 amide bonds. The molecule has 208 valence electrons. The Morgan fingerprint density at radius 1 is 0.829 bits per heavy atom. The third-order valence-corrected chi connectivity index (χ3v) is 8.53. The zero-order valence-electron chi connectivity index (χ0n) is 23.5. The number of aromatic nitrogens is 1. The maximum absolute atomic E-state index is 12.6. The number of primary amides is 1. The van der Waals surface area contributed by atoms with Gasteiger partial charge in [-0.3, -0.25) is 9.78 Å². The fourth-order valence-corrected chi connectivity index (χ4v) is 6.31. The van der Waals surface area contributed by atoms with Crippen molar-refractivity contribution in [3.63, 3.8) is 0 Å². The number of carbonyl (C=O) groups excluding carboxylic acids is 1. The second kappa shape index (κ2) is 12.0. The van der Waals surface area contributed by atoms with Gasteiger partial charge in [-0.2, -0.15) is 0 Å². The first-order valence-corrected chi connectivity index (χ1v) is 14.9. The Balaban J connectivity index is 1.10. The molecule has 1 aliphatic carbocycles. The standard InChI is InChI=1S/C36H38N4O/c37-32-20-19-27(26-18-17-24-10-3-4-11-25(24)22-26)23-31(32)28(36(38)41)12-2-1-9-21-39-35-29-13-5-7-15-33(29)40-34-16-8-6-14-30(34)35/h3-5,7,10-11,13,15,17-20,22-23,28H,1-2,6,8-9,12,14,16,21,37H2,(H2,38,41)(H,39,40). The van der Waals surface area contributed by atoms with Crippen LogP contribution in [-0.4, -0.2) is 17.4 Å². The number of hydrogen-bond donors (Lipinski definition) is 3. The van der Waals surface area contributed by atoms with E-state index in [9.17, 15) is 4.79 Å². The SMILES string of the molecule is NC(=O)C(CCCCCNc1c2c(nc3ccccc13)CCCC2)c1cc(-c2ccc3ccccc3c2)ccc1N. The molecule has 1 aromatic heterocycles. The lowest BCUT2D eigenvalue weighted by atomic mass is 9.88. The van der Waals surface area contributed by atoms with E-state index in [1.807, 2.05) is 30.3 Å². The van der Waals surface area contributed by atoms with Crippen molar-refractivity contribution in [3.05, 3.63) is 102 Å². The molecule has 5 heteroatoms. The van der Waals surface area contributed by atoms with Gasteiger partial charge in [0.2, 0.25) is 5.91 Å². The van der Waals surface area contributed by atoms with E-state index in [1.54, 1.807) is 0 Å². The van der Waals surface area contributed by atoms with Gasteiger partial charge in [0, 0.05) is 29.0 Å². The van der Waals surface area contributed by atoms with Crippen molar-refractivity contribution >= 4 is 39.0 Å². The Hall–Kier alpha value is -4.38. The molecular formula is C36H38N4O. The largest absolute Gasteiger partial charge is 0.398 e. The van der Waals surface area contributed by atoms with Crippen molar-refractivity contribution in [2.45, 2.75) is 57.3 Å². The van der Waals surface area contributed by atoms with Crippen LogP contribution in [0.4, 0.5) is 11.4 Å². The lowest BCUT2D eigenvalue weighted by Crippen LogP contribution is -2.22. The topological polar surface area (TPSA) is 94.0 Å². The van der Waals surface area contributed by atoms with Gasteiger partial charge < -0.3 is 16.8 Å². The Bertz CT molecular complexity index is 1710. The minimum atomic E-state index is -0.403. The minimum absolute atomic E-state index is 0.319. The molecule has 1 unspecified atom stereocenters. The predicted molar refractivity (Wildman–Crippen MR) is 171 cm³/mol. The van der Waals surface area contributed by atoms with Crippen LogP contribution in [0.5, 0.6) is 0 Å². The highest BCUT2D eigenvalue weighted by Crippen LogP contribution is 2.35. The summed E-state index contributed by atoms with van der Waals surface area (Å²) in [7, 11) is 0. The van der Waals surface area contributed by atoms with E-state index < -0.39 is 5.92 Å². The van der Waals surface area contributed by atoms with Crippen molar-refractivity contribution < 1.29 is 4.79 Å². The van der Waals surface area contributed by atoms with E-state index >= 15 is 0 Å². The Labute approximate surface area is 242 Å². The molecule has 1 atom stereocenters. The zero-order valence-corrected chi connectivity index (χ0v) is 23.5. The van der Waals surface area contributed by atoms with Crippen molar-refractivity contribution in [3.8, 4) is 11.1 Å². The average Bonchev–Trinajstić information content (AvgIpc) is 3.00. The van der Waals surface area contributed by atoms with E-state index in [2.05, 4.69) is 59.9 Å². The lowest BCUT2D eigenvalue weighted by molar-refractivity contribution is -0.119. The second-order valence-electron chi connectivity index (χ2n) is 11.3. The third-order valence-electron chi connectivity index (χ3n) is 8.53. The number of aryl methyl sites for hydroxylation is 1. The first-order chi connectivity index (χ1) is 20.1. The number of pyridine rings is 1. The van der Waals surface area contributed by atoms with Gasteiger partial charge in [-0.25, -0.2) is 0 Å². The van der Waals surface area contributed by atoms with Gasteiger partial charge in [-0.1, -0.05) is 73.5 Å². The fourth-order valence-electron chi connectivity index (χ4n) is 6.31. The first kappa shape index (κ1) is 26.8. The highest BCUT2D eigenvalue weighted by atomic mass is 16.1. The van der Waals surface area contributed by atoms with Crippen LogP contribution in [0.2, 0.25) is 0 Å². The van der Waals surface area contributed by atoms with Gasteiger partial charge >= 0.3 is 0 Å². The molecule has 5 nitrogen and oxygen atoms in total. The van der Waals surface area contributed by atoms with E-state index in [0.29, 0.717) is 12.1 Å². The fraction of sp³-hybridized carbons (Fsp3) is 0.278. The Morgan fingerprint density at radius 3 is 2.46 bits per heavy atom. The van der Waals surface area contributed by atoms with Crippen LogP contribution in [0.3, 0.4) is 0 Å². The Kier molecular flexibility index (Phi) is 7.86. The number of rotatable bonds is 10. The first-order valence-electron chi connectivity index (χ1n) is 14.9. The number of carbonyl (C=O) groups is 1. The third kappa shape index (κ3) is 5.76. The molecule has 5 N–H and O–H groups in total. The number of unbranched alkanes of at least 4 members (excludes halogenated alkanes) is 2. The van der Waals surface area contributed by atoms with Crippen molar-refractivity contribution in [2.75, 3.05) is 17.6 Å². The number of nitrogens with zero attached hydrogens (tertiary/aromatic N) is 1. The summed E-state index contributed by atoms with van der Waals surface area (Å²) in [5, 5.41) is 7.35. The maximum Gasteiger partial charge on any atom is 0.225 e. The van der Waals surface area contributed by atoms with Gasteiger partial charge in [0.05, 0.1) is 11.4 Å². The molecular weight excluding hydrogens is 504 g/mol. The summed E-state index contributed by atoms with van der Waals surface area (Å²) in [5.41, 5.74) is 20.9. The molecule has 0 radical (unpaired) electrons. The van der Waals surface area contributed by atoms with Crippen LogP contribution >= 0.6 is 0 Å². The van der Waals surface area contributed by atoms with Gasteiger partial charge in [0.25, 0.3) is 0 Å². The summed E-state index contributed by atoms with van der Waals surface area (Å²) >= 11 is 0. The molecule has 0 spiro atoms. The molecule has 1 aliphatic rings. The monoisotopic (exact) mass is 542 g/mol. The smallest absolute Gasteiger partial charge is 0.225 e. The lowest BCUT2D eigenvalue weighted by Gasteiger charge is -2.22. The van der Waals surface area contributed by atoms with Crippen LogP contribution in [0.15, 0.2) is 84.9 Å². The second-order valence-corrected chi connectivity index (χ2v) is 11.3. The van der Waals surface area contributed by atoms with Gasteiger partial charge in [-0.05, 0) is 95.8 Å². The average molecular weight is 543 g/mol. The number of benzene rings is 4. The molecule has 0 fully saturated rings. The highest BCUT2D eigenvalue weighted by Gasteiger charge is 2.21. The minimum Gasteiger partial charge on any atom is -0.398 e. The number of amides is 1. The number of hydrogen-bond acceptors (Lipinski definition) is 4. The van der Waals surface area contributed by atoms with E-state index in [0.717, 1.165) is 60.9 Å². The summed E-state index contributed by atoms with van der Waals surface area (Å²) in [6, 6.07) is 29.2. The number of anilines is 2. The van der Waals surface area contributed by atoms with Gasteiger partial charge in [0.1, 0.15) is 0 Å². The molecule has 0 bridgehead atoms. The molecule has 1 heterocycles. The van der Waals surface area contributed by atoms with E-state index in [1.165, 1.54) is 45.9 Å². The van der Waals surface area contributed by atoms with Crippen molar-refractivity contribution in [2.24, 2.45) is 5.73 Å². The quantitative estimate of drug-likeness (QED) is 0.124. The van der Waals surface area contributed by atoms with Crippen molar-refractivity contribution in [1.82, 2.24) is 4.98 Å². The normalized spacial score (nSPS) is 13.7. The Morgan fingerprint density at radius 2 is 1.59 bits per heavy atom. The van der Waals surface area contributed by atoms with Gasteiger partial charge in [0.15, 0.2) is 0 Å². The molecule has 5 aromatic rings. The molecule has 0 aliphatic heterocycles. The molecule has 6 rings (SSSR count). The van der Waals surface area contributed by atoms with Crippen LogP contribution in [0.25, 0.3) is 32.8 Å². The summed E-state index contributed by atoms with van der Waals surface area (Å²) < 4.78 is 0. The molecule has 41 heavy (non-hydrogen) atoms. The summed E-state index contributed by atoms with van der Waals surface area (Å²) in [5.74, 6) is -0.722. The van der Waals surface area contributed by atoms with Crippen LogP contribution in [-0.2, 0) is 17.6 Å².